The average Bonchev–Trinajstić information content (AvgIpc) is 3.00. The molecule has 1 aliphatic heterocycles. The van der Waals surface area contributed by atoms with E-state index >= 15 is 0 Å². The zero-order valence-corrected chi connectivity index (χ0v) is 11.0. The number of morpholine rings is 1. The zero-order valence-electron chi connectivity index (χ0n) is 10.2. The molecule has 1 aromatic rings. The Hall–Kier alpha value is -0.450. The van der Waals surface area contributed by atoms with Crippen molar-refractivity contribution in [3.8, 4) is 0 Å². The highest BCUT2D eigenvalue weighted by Gasteiger charge is 2.21. The number of aromatic nitrogens is 1. The van der Waals surface area contributed by atoms with Gasteiger partial charge in [-0.1, -0.05) is 12.8 Å². The largest absolute Gasteiger partial charge is 0.379 e. The Bertz CT molecular complexity index is 354. The summed E-state index contributed by atoms with van der Waals surface area (Å²) >= 11 is 1.86. The Morgan fingerprint density at radius 1 is 1.41 bits per heavy atom. The van der Waals surface area contributed by atoms with Crippen LogP contribution in [0.4, 0.5) is 0 Å². The molecule has 1 atom stereocenters. The van der Waals surface area contributed by atoms with Crippen molar-refractivity contribution in [3.63, 3.8) is 0 Å². The molecule has 0 bridgehead atoms. The lowest BCUT2D eigenvalue weighted by Crippen LogP contribution is -2.42. The fourth-order valence-corrected chi connectivity index (χ4v) is 3.78. The van der Waals surface area contributed by atoms with Crippen LogP contribution >= 0.6 is 11.3 Å². The quantitative estimate of drug-likeness (QED) is 0.896. The van der Waals surface area contributed by atoms with E-state index in [1.54, 1.807) is 0 Å². The van der Waals surface area contributed by atoms with Crippen LogP contribution in [0.25, 0.3) is 0 Å². The van der Waals surface area contributed by atoms with Gasteiger partial charge in [0.2, 0.25) is 0 Å². The van der Waals surface area contributed by atoms with Gasteiger partial charge in [0.1, 0.15) is 0 Å². The molecule has 1 saturated heterocycles. The second-order valence-electron chi connectivity index (χ2n) is 5.09. The van der Waals surface area contributed by atoms with Gasteiger partial charge in [0.05, 0.1) is 23.9 Å². The summed E-state index contributed by atoms with van der Waals surface area (Å²) < 4.78 is 5.47. The molecule has 3 rings (SSSR count). The minimum atomic E-state index is 0.460. The van der Waals surface area contributed by atoms with Gasteiger partial charge in [-0.25, -0.2) is 4.98 Å². The third kappa shape index (κ3) is 2.87. The Morgan fingerprint density at radius 3 is 3.06 bits per heavy atom. The van der Waals surface area contributed by atoms with Gasteiger partial charge < -0.3 is 10.1 Å². The van der Waals surface area contributed by atoms with Gasteiger partial charge in [-0.2, -0.15) is 0 Å². The van der Waals surface area contributed by atoms with Gasteiger partial charge in [0.25, 0.3) is 0 Å². The number of ether oxygens (including phenoxy) is 1. The van der Waals surface area contributed by atoms with Crippen molar-refractivity contribution in [1.29, 1.82) is 0 Å². The second kappa shape index (κ2) is 5.46. The molecule has 1 N–H and O–H groups in total. The van der Waals surface area contributed by atoms with Crippen LogP contribution in [0.5, 0.6) is 0 Å². The molecule has 0 radical (unpaired) electrons. The maximum Gasteiger partial charge on any atom is 0.0959 e. The van der Waals surface area contributed by atoms with E-state index in [2.05, 4.69) is 10.7 Å². The lowest BCUT2D eigenvalue weighted by Gasteiger charge is -2.22. The van der Waals surface area contributed by atoms with Crippen molar-refractivity contribution in [2.45, 2.75) is 44.1 Å². The summed E-state index contributed by atoms with van der Waals surface area (Å²) in [6, 6.07) is 0.460. The lowest BCUT2D eigenvalue weighted by molar-refractivity contribution is 0.0767. The van der Waals surface area contributed by atoms with Crippen molar-refractivity contribution in [3.05, 3.63) is 16.1 Å². The van der Waals surface area contributed by atoms with E-state index < -0.39 is 0 Å². The second-order valence-corrected chi connectivity index (χ2v) is 5.98. The Kier molecular flexibility index (Phi) is 3.74. The van der Waals surface area contributed by atoms with Crippen molar-refractivity contribution in [2.24, 2.45) is 0 Å². The highest BCUT2D eigenvalue weighted by atomic mass is 32.1. The highest BCUT2D eigenvalue weighted by molar-refractivity contribution is 7.09. The molecule has 3 nitrogen and oxygen atoms in total. The molecule has 1 saturated carbocycles. The first-order valence-corrected chi connectivity index (χ1v) is 7.55. The van der Waals surface area contributed by atoms with Crippen LogP contribution in [0.3, 0.4) is 0 Å². The minimum absolute atomic E-state index is 0.460. The molecule has 0 spiro atoms. The van der Waals surface area contributed by atoms with E-state index in [0.717, 1.165) is 32.1 Å². The normalized spacial score (nSPS) is 26.5. The summed E-state index contributed by atoms with van der Waals surface area (Å²) in [6.45, 7) is 2.65. The van der Waals surface area contributed by atoms with Crippen LogP contribution < -0.4 is 5.32 Å². The summed E-state index contributed by atoms with van der Waals surface area (Å²) in [7, 11) is 0. The van der Waals surface area contributed by atoms with E-state index in [0.29, 0.717) is 6.04 Å². The summed E-state index contributed by atoms with van der Waals surface area (Å²) in [5, 5.41) is 7.10. The zero-order chi connectivity index (χ0) is 11.5. The summed E-state index contributed by atoms with van der Waals surface area (Å²) in [6.07, 6.45) is 6.48. The van der Waals surface area contributed by atoms with Crippen molar-refractivity contribution < 1.29 is 4.74 Å². The standard InChI is InChI=1S/C13H20N2OS/c1-2-4-10(3-1)13-15-12(9-17-13)7-11-8-16-6-5-14-11/h9-11,14H,1-8H2. The fourth-order valence-electron chi connectivity index (χ4n) is 2.78. The third-order valence-corrected chi connectivity index (χ3v) is 4.78. The summed E-state index contributed by atoms with van der Waals surface area (Å²) in [5.41, 5.74) is 1.25. The van der Waals surface area contributed by atoms with Gasteiger partial charge in [0.15, 0.2) is 0 Å². The van der Waals surface area contributed by atoms with E-state index in [1.807, 2.05) is 11.3 Å². The smallest absolute Gasteiger partial charge is 0.0959 e. The Morgan fingerprint density at radius 2 is 2.29 bits per heavy atom. The molecule has 0 aromatic carbocycles. The first kappa shape index (κ1) is 11.6. The Labute approximate surface area is 107 Å². The van der Waals surface area contributed by atoms with Crippen molar-refractivity contribution in [2.75, 3.05) is 19.8 Å². The molecule has 2 fully saturated rings. The summed E-state index contributed by atoms with van der Waals surface area (Å²) in [5.74, 6) is 0.754. The number of nitrogens with one attached hydrogen (secondary N) is 1. The first-order valence-electron chi connectivity index (χ1n) is 6.67. The molecule has 1 aliphatic carbocycles. The average molecular weight is 252 g/mol. The van der Waals surface area contributed by atoms with Crippen molar-refractivity contribution >= 4 is 11.3 Å². The van der Waals surface area contributed by atoms with Gasteiger partial charge in [-0.3, -0.25) is 0 Å². The first-order chi connectivity index (χ1) is 8.42. The Balaban J connectivity index is 1.59. The van der Waals surface area contributed by atoms with Crippen molar-refractivity contribution in [1.82, 2.24) is 10.3 Å². The molecule has 2 aliphatic rings. The highest BCUT2D eigenvalue weighted by Crippen LogP contribution is 2.35. The predicted octanol–water partition coefficient (Wildman–Crippen LogP) is 2.33. The molecular formula is C13H20N2OS. The number of hydrogen-bond donors (Lipinski definition) is 1. The maximum atomic E-state index is 5.47. The molecule has 0 amide bonds. The van der Waals surface area contributed by atoms with Crippen LogP contribution in [0.15, 0.2) is 5.38 Å². The van der Waals surface area contributed by atoms with Crippen LogP contribution in [-0.2, 0) is 11.2 Å². The number of thiazole rings is 1. The molecule has 94 valence electrons. The molecule has 1 aromatic heterocycles. The number of nitrogens with zero attached hydrogens (tertiary/aromatic N) is 1. The third-order valence-electron chi connectivity index (χ3n) is 3.73. The molecule has 17 heavy (non-hydrogen) atoms. The molecule has 1 unspecified atom stereocenters. The maximum absolute atomic E-state index is 5.47. The molecular weight excluding hydrogens is 232 g/mol. The predicted molar refractivity (Wildman–Crippen MR) is 69.6 cm³/mol. The molecule has 2 heterocycles. The van der Waals surface area contributed by atoms with E-state index in [1.165, 1.54) is 36.4 Å². The monoisotopic (exact) mass is 252 g/mol. The SMILES string of the molecule is c1sc(C2CCCC2)nc1CC1COCCN1. The molecule has 4 heteroatoms. The van der Waals surface area contributed by atoms with E-state index in [-0.39, 0.29) is 0 Å². The lowest BCUT2D eigenvalue weighted by atomic mass is 10.1. The minimum Gasteiger partial charge on any atom is -0.379 e. The fraction of sp³-hybridized carbons (Fsp3) is 0.769. The number of rotatable bonds is 3. The van der Waals surface area contributed by atoms with Crippen LogP contribution in [0, 0.1) is 0 Å². The summed E-state index contributed by atoms with van der Waals surface area (Å²) in [4.78, 5) is 4.81. The van der Waals surface area contributed by atoms with Gasteiger partial charge in [-0.05, 0) is 12.8 Å². The number of hydrogen-bond acceptors (Lipinski definition) is 4. The van der Waals surface area contributed by atoms with E-state index in [4.69, 9.17) is 9.72 Å². The van der Waals surface area contributed by atoms with Gasteiger partial charge in [-0.15, -0.1) is 11.3 Å². The van der Waals surface area contributed by atoms with Crippen LogP contribution in [-0.4, -0.2) is 30.8 Å². The topological polar surface area (TPSA) is 34.1 Å². The van der Waals surface area contributed by atoms with Crippen LogP contribution in [0.2, 0.25) is 0 Å². The van der Waals surface area contributed by atoms with Gasteiger partial charge in [0, 0.05) is 30.3 Å². The van der Waals surface area contributed by atoms with Crippen LogP contribution in [0.1, 0.15) is 42.3 Å². The van der Waals surface area contributed by atoms with E-state index in [9.17, 15) is 0 Å². The van der Waals surface area contributed by atoms with Gasteiger partial charge >= 0.3 is 0 Å².